The molecule has 1 aliphatic heterocycles. The highest BCUT2D eigenvalue weighted by molar-refractivity contribution is 7.11. The first-order valence-corrected chi connectivity index (χ1v) is 10.5. The number of imide groups is 1. The summed E-state index contributed by atoms with van der Waals surface area (Å²) in [6.07, 6.45) is 2.76. The van der Waals surface area contributed by atoms with Gasteiger partial charge in [0.1, 0.15) is 5.70 Å². The van der Waals surface area contributed by atoms with E-state index in [4.69, 9.17) is 4.74 Å². The number of carbonyl (C=O) groups excluding carboxylic acids is 2. The molecule has 0 unspecified atom stereocenters. The van der Waals surface area contributed by atoms with E-state index in [1.807, 2.05) is 59.8 Å². The van der Waals surface area contributed by atoms with Gasteiger partial charge in [-0.1, -0.05) is 37.6 Å². The Hall–Kier alpha value is -2.44. The van der Waals surface area contributed by atoms with Crippen LogP contribution in [0.4, 0.5) is 5.69 Å². The minimum atomic E-state index is -0.242. The molecule has 0 saturated carbocycles. The third-order valence-electron chi connectivity index (χ3n) is 4.70. The molecule has 0 radical (unpaired) electrons. The topological polar surface area (TPSA) is 49.9 Å². The lowest BCUT2D eigenvalue weighted by Gasteiger charge is -2.21. The van der Waals surface area contributed by atoms with Crippen molar-refractivity contribution in [2.24, 2.45) is 0 Å². The van der Waals surface area contributed by atoms with Crippen molar-refractivity contribution in [3.63, 3.8) is 0 Å². The van der Waals surface area contributed by atoms with Crippen LogP contribution in [0, 0.1) is 0 Å². The van der Waals surface area contributed by atoms with Crippen LogP contribution in [-0.2, 0) is 14.3 Å². The quantitative estimate of drug-likeness (QED) is 0.445. The molecule has 2 aromatic rings. The molecule has 0 fully saturated rings. The van der Waals surface area contributed by atoms with Gasteiger partial charge < -0.3 is 9.64 Å². The van der Waals surface area contributed by atoms with Gasteiger partial charge in [-0.3, -0.25) is 14.5 Å². The van der Waals surface area contributed by atoms with E-state index in [2.05, 4.69) is 6.92 Å². The Morgan fingerprint density at radius 1 is 1.00 bits per heavy atom. The second kappa shape index (κ2) is 9.66. The second-order valence-electron chi connectivity index (χ2n) is 6.68. The summed E-state index contributed by atoms with van der Waals surface area (Å²) in [5.41, 5.74) is 1.79. The van der Waals surface area contributed by atoms with Crippen molar-refractivity contribution in [3.8, 4) is 0 Å². The molecule has 0 aliphatic carbocycles. The highest BCUT2D eigenvalue weighted by Crippen LogP contribution is 2.35. The maximum absolute atomic E-state index is 13.2. The Balaban J connectivity index is 1.80. The highest BCUT2D eigenvalue weighted by Gasteiger charge is 2.41. The molecule has 5 nitrogen and oxygen atoms in total. The van der Waals surface area contributed by atoms with Crippen LogP contribution in [0.15, 0.2) is 53.5 Å². The fraction of sp³-hybridized carbons (Fsp3) is 0.364. The monoisotopic (exact) mass is 398 g/mol. The molecule has 0 saturated heterocycles. The lowest BCUT2D eigenvalue weighted by atomic mass is 10.1. The highest BCUT2D eigenvalue weighted by atomic mass is 32.1. The van der Waals surface area contributed by atoms with Crippen molar-refractivity contribution in [1.82, 2.24) is 4.90 Å². The van der Waals surface area contributed by atoms with Gasteiger partial charge in [0.25, 0.3) is 11.8 Å². The summed E-state index contributed by atoms with van der Waals surface area (Å²) in [6, 6.07) is 13.4. The van der Waals surface area contributed by atoms with Crippen molar-refractivity contribution in [3.05, 3.63) is 58.4 Å². The molecule has 6 heteroatoms. The first-order valence-electron chi connectivity index (χ1n) is 9.66. The number of thiophene rings is 1. The van der Waals surface area contributed by atoms with Gasteiger partial charge in [0.2, 0.25) is 0 Å². The number of hydrogen-bond donors (Lipinski definition) is 0. The van der Waals surface area contributed by atoms with Gasteiger partial charge in [0, 0.05) is 37.4 Å². The molecule has 0 N–H and O–H groups in total. The van der Waals surface area contributed by atoms with E-state index >= 15 is 0 Å². The molecule has 0 atom stereocenters. The summed E-state index contributed by atoms with van der Waals surface area (Å²) in [5, 5.41) is 1.92. The molecule has 148 valence electrons. The van der Waals surface area contributed by atoms with E-state index in [1.165, 1.54) is 16.2 Å². The third kappa shape index (κ3) is 4.34. The molecule has 1 aromatic carbocycles. The number of nitrogens with zero attached hydrogens (tertiary/aromatic N) is 2. The van der Waals surface area contributed by atoms with E-state index in [9.17, 15) is 9.59 Å². The molecular weight excluding hydrogens is 372 g/mol. The van der Waals surface area contributed by atoms with Crippen molar-refractivity contribution >= 4 is 34.4 Å². The number of hydrogen-bond acceptors (Lipinski definition) is 5. The fourth-order valence-corrected chi connectivity index (χ4v) is 3.94. The van der Waals surface area contributed by atoms with Crippen molar-refractivity contribution in [2.45, 2.75) is 26.2 Å². The second-order valence-corrected chi connectivity index (χ2v) is 7.62. The van der Waals surface area contributed by atoms with Gasteiger partial charge in [-0.25, -0.2) is 0 Å². The Labute approximate surface area is 170 Å². The Bertz CT molecular complexity index is 831. The Morgan fingerprint density at radius 2 is 1.75 bits per heavy atom. The normalized spacial score (nSPS) is 14.3. The summed E-state index contributed by atoms with van der Waals surface area (Å²) in [7, 11) is 1.83. The molecule has 1 aliphatic rings. The summed E-state index contributed by atoms with van der Waals surface area (Å²) >= 11 is 1.47. The van der Waals surface area contributed by atoms with Crippen LogP contribution in [0.1, 0.15) is 31.1 Å². The molecule has 0 bridgehead atoms. The zero-order chi connectivity index (χ0) is 19.9. The number of amides is 2. The SMILES string of the molecule is CCCCOCCCN1C(=O)C(c2cccs2)=C(N(C)c2ccccc2)C1=O. The number of likely N-dealkylation sites (N-methyl/N-ethyl adjacent to an activating group) is 1. The Morgan fingerprint density at radius 3 is 2.43 bits per heavy atom. The van der Waals surface area contributed by atoms with Crippen LogP contribution in [0.5, 0.6) is 0 Å². The average molecular weight is 399 g/mol. The molecule has 0 spiro atoms. The van der Waals surface area contributed by atoms with Gasteiger partial charge >= 0.3 is 0 Å². The van der Waals surface area contributed by atoms with E-state index in [0.717, 1.165) is 30.0 Å². The number of benzene rings is 1. The molecule has 2 amide bonds. The fourth-order valence-electron chi connectivity index (χ4n) is 3.17. The number of ether oxygens (including phenoxy) is 1. The largest absolute Gasteiger partial charge is 0.381 e. The summed E-state index contributed by atoms with van der Waals surface area (Å²) in [4.78, 5) is 30.3. The van der Waals surface area contributed by atoms with Crippen molar-refractivity contribution in [1.29, 1.82) is 0 Å². The van der Waals surface area contributed by atoms with Crippen LogP contribution >= 0.6 is 11.3 Å². The van der Waals surface area contributed by atoms with E-state index in [-0.39, 0.29) is 11.8 Å². The summed E-state index contributed by atoms with van der Waals surface area (Å²) in [6.45, 7) is 3.76. The zero-order valence-corrected chi connectivity index (χ0v) is 17.2. The van der Waals surface area contributed by atoms with Crippen LogP contribution in [0.25, 0.3) is 5.57 Å². The maximum atomic E-state index is 13.2. The lowest BCUT2D eigenvalue weighted by molar-refractivity contribution is -0.137. The van der Waals surface area contributed by atoms with Crippen LogP contribution in [-0.4, -0.2) is 43.5 Å². The lowest BCUT2D eigenvalue weighted by Crippen LogP contribution is -2.35. The van der Waals surface area contributed by atoms with Gasteiger partial charge in [0.15, 0.2) is 0 Å². The number of anilines is 1. The molecular formula is C22H26N2O3S. The van der Waals surface area contributed by atoms with Gasteiger partial charge in [0.05, 0.1) is 5.57 Å². The van der Waals surface area contributed by atoms with Crippen molar-refractivity contribution in [2.75, 3.05) is 31.7 Å². The number of carbonyl (C=O) groups is 2. The minimum Gasteiger partial charge on any atom is -0.381 e. The number of rotatable bonds is 10. The Kier molecular flexibility index (Phi) is 7.01. The predicted molar refractivity (Wildman–Crippen MR) is 113 cm³/mol. The standard InChI is InChI=1S/C22H26N2O3S/c1-3-4-14-27-15-9-13-24-21(25)19(18-12-8-16-28-18)20(22(24)26)23(2)17-10-6-5-7-11-17/h5-8,10-12,16H,3-4,9,13-15H2,1-2H3. The number of unbranched alkanes of at least 4 members (excludes halogenated alkanes) is 1. The van der Waals surface area contributed by atoms with E-state index in [1.54, 1.807) is 0 Å². The van der Waals surface area contributed by atoms with Gasteiger partial charge in [-0.15, -0.1) is 11.3 Å². The van der Waals surface area contributed by atoms with Crippen LogP contribution in [0.2, 0.25) is 0 Å². The predicted octanol–water partition coefficient (Wildman–Crippen LogP) is 4.17. The third-order valence-corrected chi connectivity index (χ3v) is 5.59. The van der Waals surface area contributed by atoms with E-state index in [0.29, 0.717) is 30.8 Å². The van der Waals surface area contributed by atoms with Gasteiger partial charge in [-0.05, 0) is 36.4 Å². The molecule has 1 aromatic heterocycles. The van der Waals surface area contributed by atoms with Crippen molar-refractivity contribution < 1.29 is 14.3 Å². The first kappa shape index (κ1) is 20.3. The van der Waals surface area contributed by atoms with Gasteiger partial charge in [-0.2, -0.15) is 0 Å². The molecule has 3 rings (SSSR count). The van der Waals surface area contributed by atoms with Crippen LogP contribution in [0.3, 0.4) is 0 Å². The maximum Gasteiger partial charge on any atom is 0.278 e. The van der Waals surface area contributed by atoms with E-state index < -0.39 is 0 Å². The summed E-state index contributed by atoms with van der Waals surface area (Å²) in [5.74, 6) is -0.466. The molecule has 2 heterocycles. The minimum absolute atomic E-state index is 0.223. The summed E-state index contributed by atoms with van der Waals surface area (Å²) < 4.78 is 5.58. The zero-order valence-electron chi connectivity index (χ0n) is 16.4. The molecule has 28 heavy (non-hydrogen) atoms. The smallest absolute Gasteiger partial charge is 0.278 e. The van der Waals surface area contributed by atoms with Crippen LogP contribution < -0.4 is 4.90 Å². The average Bonchev–Trinajstić information content (AvgIpc) is 3.32. The number of para-hydroxylation sites is 1. The first-order chi connectivity index (χ1) is 13.6.